The molecule has 6 heteroatoms. The van der Waals surface area contributed by atoms with Crippen molar-refractivity contribution in [2.75, 3.05) is 30.7 Å². The molecule has 1 heterocycles. The van der Waals surface area contributed by atoms with Gasteiger partial charge >= 0.3 is 0 Å². The maximum absolute atomic E-state index is 13.6. The molecule has 1 amide bonds. The summed E-state index contributed by atoms with van der Waals surface area (Å²) in [5.74, 6) is 0.633. The van der Waals surface area contributed by atoms with Crippen molar-refractivity contribution in [1.29, 1.82) is 0 Å². The molecule has 2 aliphatic rings. The van der Waals surface area contributed by atoms with Crippen molar-refractivity contribution >= 4 is 28.3 Å². The molecule has 3 aromatic carbocycles. The fraction of sp³-hybridized carbons (Fsp3) is 0.235. The summed E-state index contributed by atoms with van der Waals surface area (Å²) in [5, 5.41) is 8.44. The molecule has 0 saturated carbocycles. The van der Waals surface area contributed by atoms with E-state index in [-0.39, 0.29) is 5.91 Å². The van der Waals surface area contributed by atoms with Gasteiger partial charge in [-0.15, -0.1) is 0 Å². The van der Waals surface area contributed by atoms with Crippen LogP contribution in [0.25, 0.3) is 33.4 Å². The number of nitrogens with two attached hydrogens (primary N) is 1. The van der Waals surface area contributed by atoms with Gasteiger partial charge in [0.15, 0.2) is 0 Å². The first kappa shape index (κ1) is 27.0. The summed E-state index contributed by atoms with van der Waals surface area (Å²) in [6.07, 6.45) is 0.722. The maximum atomic E-state index is 13.6. The Kier molecular flexibility index (Phi) is 7.87. The summed E-state index contributed by atoms with van der Waals surface area (Å²) in [7, 11) is 0. The van der Waals surface area contributed by atoms with Gasteiger partial charge in [0, 0.05) is 65.2 Å². The molecule has 1 aliphatic carbocycles. The molecule has 4 N–H and O–H groups in total. The molecule has 0 saturated heterocycles. The third-order valence-electron chi connectivity index (χ3n) is 7.20. The van der Waals surface area contributed by atoms with Gasteiger partial charge in [-0.3, -0.25) is 9.79 Å². The van der Waals surface area contributed by atoms with Gasteiger partial charge < -0.3 is 20.8 Å². The summed E-state index contributed by atoms with van der Waals surface area (Å²) >= 11 is 0. The van der Waals surface area contributed by atoms with E-state index < -0.39 is 0 Å². The second-order valence-electron chi connectivity index (χ2n) is 10.1. The average Bonchev–Trinajstić information content (AvgIpc) is 2.94. The summed E-state index contributed by atoms with van der Waals surface area (Å²) in [5.41, 5.74) is 15.1. The highest BCUT2D eigenvalue weighted by atomic mass is 16.3. The van der Waals surface area contributed by atoms with E-state index in [9.17, 15) is 4.79 Å². The first-order valence-electron chi connectivity index (χ1n) is 13.9. The van der Waals surface area contributed by atoms with E-state index >= 15 is 0 Å². The number of amides is 1. The van der Waals surface area contributed by atoms with Gasteiger partial charge in [-0.1, -0.05) is 30.3 Å². The van der Waals surface area contributed by atoms with E-state index in [1.807, 2.05) is 61.5 Å². The van der Waals surface area contributed by atoms with Gasteiger partial charge in [-0.05, 0) is 86.7 Å². The zero-order valence-corrected chi connectivity index (χ0v) is 23.6. The minimum Gasteiger partial charge on any atom is -0.456 e. The fourth-order valence-corrected chi connectivity index (χ4v) is 5.20. The molecule has 0 spiro atoms. The van der Waals surface area contributed by atoms with Crippen LogP contribution in [-0.2, 0) is 6.42 Å². The van der Waals surface area contributed by atoms with Gasteiger partial charge in [0.25, 0.3) is 5.91 Å². The standard InChI is InChI=1S/C34H36N4O2/c1-5-36-29-19-31-27(17-21(29)3)33(28-18-22(4)30(37-6-2)20-32(28)40-31)25-9-7-8-10-26(25)34(39)38-16-15-23-11-13-24(35)14-12-23/h7-14,17-20,36H,5-6,15-16,35H2,1-4H3,(H,38,39). The number of hydrogen-bond acceptors (Lipinski definition) is 5. The lowest BCUT2D eigenvalue weighted by molar-refractivity contribution is 0.0955. The van der Waals surface area contributed by atoms with Crippen molar-refractivity contribution in [2.24, 2.45) is 4.99 Å². The molecular formula is C34H36N4O2. The Labute approximate surface area is 235 Å². The Hall–Kier alpha value is -4.58. The molecule has 5 rings (SSSR count). The molecule has 0 atom stereocenters. The number of hydrogen-bond donors (Lipinski definition) is 3. The molecule has 1 aliphatic heterocycles. The molecule has 6 nitrogen and oxygen atoms in total. The van der Waals surface area contributed by atoms with Gasteiger partial charge in [-0.25, -0.2) is 0 Å². The van der Waals surface area contributed by atoms with Crippen molar-refractivity contribution < 1.29 is 9.21 Å². The number of nitrogens with zero attached hydrogens (tertiary/aromatic N) is 1. The smallest absolute Gasteiger partial charge is 0.251 e. The van der Waals surface area contributed by atoms with Crippen molar-refractivity contribution in [3.8, 4) is 22.5 Å². The van der Waals surface area contributed by atoms with Crippen LogP contribution in [-0.4, -0.2) is 25.5 Å². The molecule has 0 radical (unpaired) electrons. The number of carbonyl (C=O) groups is 1. The van der Waals surface area contributed by atoms with Gasteiger partial charge in [0.1, 0.15) is 11.3 Å². The molecule has 0 fully saturated rings. The van der Waals surface area contributed by atoms with Crippen LogP contribution < -0.4 is 21.7 Å². The number of aryl methyl sites for hydroxylation is 2. The van der Waals surface area contributed by atoms with Crippen molar-refractivity contribution in [3.05, 3.63) is 100 Å². The highest BCUT2D eigenvalue weighted by Gasteiger charge is 2.22. The molecule has 0 aromatic heterocycles. The summed E-state index contributed by atoms with van der Waals surface area (Å²) in [6.45, 7) is 10.3. The highest BCUT2D eigenvalue weighted by Crippen LogP contribution is 2.42. The van der Waals surface area contributed by atoms with Gasteiger partial charge in [0.05, 0.1) is 5.36 Å². The highest BCUT2D eigenvalue weighted by molar-refractivity contribution is 6.09. The number of nitrogens with one attached hydrogen (secondary N) is 2. The quantitative estimate of drug-likeness (QED) is 0.153. The first-order chi connectivity index (χ1) is 19.4. The van der Waals surface area contributed by atoms with Crippen LogP contribution in [0.3, 0.4) is 0 Å². The third-order valence-corrected chi connectivity index (χ3v) is 7.20. The Morgan fingerprint density at radius 1 is 0.925 bits per heavy atom. The van der Waals surface area contributed by atoms with E-state index in [1.54, 1.807) is 0 Å². The van der Waals surface area contributed by atoms with Crippen LogP contribution in [0.5, 0.6) is 0 Å². The fourth-order valence-electron chi connectivity index (χ4n) is 5.20. The molecular weight excluding hydrogens is 496 g/mol. The van der Waals surface area contributed by atoms with Crippen LogP contribution in [0, 0.1) is 13.8 Å². The van der Waals surface area contributed by atoms with E-state index in [0.717, 1.165) is 79.8 Å². The first-order valence-corrected chi connectivity index (χ1v) is 13.9. The zero-order chi connectivity index (χ0) is 28.2. The second kappa shape index (κ2) is 11.7. The Bertz CT molecular complexity index is 1720. The number of rotatable bonds is 8. The largest absolute Gasteiger partial charge is 0.456 e. The van der Waals surface area contributed by atoms with Crippen molar-refractivity contribution in [3.63, 3.8) is 0 Å². The molecule has 3 aromatic rings. The minimum absolute atomic E-state index is 0.108. The number of fused-ring (bicyclic) bond motifs is 2. The third kappa shape index (κ3) is 5.43. The van der Waals surface area contributed by atoms with Crippen LogP contribution in [0.2, 0.25) is 0 Å². The summed E-state index contributed by atoms with van der Waals surface area (Å²) in [4.78, 5) is 18.3. The Morgan fingerprint density at radius 2 is 1.70 bits per heavy atom. The van der Waals surface area contributed by atoms with Crippen molar-refractivity contribution in [1.82, 2.24) is 5.32 Å². The van der Waals surface area contributed by atoms with E-state index in [1.165, 1.54) is 0 Å². The van der Waals surface area contributed by atoms with E-state index in [0.29, 0.717) is 18.7 Å². The van der Waals surface area contributed by atoms with E-state index in [2.05, 4.69) is 54.6 Å². The molecule has 0 unspecified atom stereocenters. The molecule has 204 valence electrons. The van der Waals surface area contributed by atoms with E-state index in [4.69, 9.17) is 10.2 Å². The SMILES string of the molecule is CCN=c1cc2oc3cc(NCC)c(C)cc3c(-c3ccccc3C(=O)NCCc3ccc(N)cc3)c-2cc1C. The number of carbonyl (C=O) groups excluding carboxylic acids is 1. The van der Waals surface area contributed by atoms with Crippen LogP contribution in [0.15, 0.2) is 82.2 Å². The molecule has 40 heavy (non-hydrogen) atoms. The number of nitrogen functional groups attached to an aromatic ring is 1. The normalized spacial score (nSPS) is 11.8. The van der Waals surface area contributed by atoms with Crippen LogP contribution in [0.4, 0.5) is 11.4 Å². The van der Waals surface area contributed by atoms with Crippen LogP contribution in [0.1, 0.15) is 40.9 Å². The monoisotopic (exact) mass is 532 g/mol. The Morgan fingerprint density at radius 3 is 2.45 bits per heavy atom. The summed E-state index contributed by atoms with van der Waals surface area (Å²) in [6, 6.07) is 23.9. The van der Waals surface area contributed by atoms with Crippen LogP contribution >= 0.6 is 0 Å². The number of benzene rings is 4. The Balaban J connectivity index is 1.65. The predicted octanol–water partition coefficient (Wildman–Crippen LogP) is 6.73. The van der Waals surface area contributed by atoms with Gasteiger partial charge in [-0.2, -0.15) is 0 Å². The van der Waals surface area contributed by atoms with Gasteiger partial charge in [0.2, 0.25) is 0 Å². The lowest BCUT2D eigenvalue weighted by Crippen LogP contribution is -2.26. The lowest BCUT2D eigenvalue weighted by atomic mass is 9.89. The second-order valence-corrected chi connectivity index (χ2v) is 10.1. The summed E-state index contributed by atoms with van der Waals surface area (Å²) < 4.78 is 6.51. The number of anilines is 2. The molecule has 0 bridgehead atoms. The lowest BCUT2D eigenvalue weighted by Gasteiger charge is -2.20. The predicted molar refractivity (Wildman–Crippen MR) is 165 cm³/mol. The average molecular weight is 533 g/mol. The zero-order valence-electron chi connectivity index (χ0n) is 23.6. The van der Waals surface area contributed by atoms with Crippen molar-refractivity contribution in [2.45, 2.75) is 34.1 Å². The topological polar surface area (TPSA) is 92.6 Å². The minimum atomic E-state index is -0.108. The maximum Gasteiger partial charge on any atom is 0.251 e.